The predicted molar refractivity (Wildman–Crippen MR) is 111 cm³/mol. The van der Waals surface area contributed by atoms with E-state index >= 15 is 0 Å². The smallest absolute Gasteiger partial charge is 0.138 e. The van der Waals surface area contributed by atoms with Gasteiger partial charge in [-0.2, -0.15) is 0 Å². The fraction of sp³-hybridized carbons (Fsp3) is 0.0455. The third-order valence-electron chi connectivity index (χ3n) is 4.91. The van der Waals surface area contributed by atoms with E-state index in [0.29, 0.717) is 0 Å². The van der Waals surface area contributed by atoms with Crippen LogP contribution in [0.3, 0.4) is 0 Å². The summed E-state index contributed by atoms with van der Waals surface area (Å²) in [6, 6.07) is 6.22. The minimum Gasteiger partial charge on any atom is -0.355 e. The van der Waals surface area contributed by atoms with Gasteiger partial charge in [0.05, 0.1) is 11.0 Å². The summed E-state index contributed by atoms with van der Waals surface area (Å²) in [7, 11) is 0. The first kappa shape index (κ1) is 14.8. The van der Waals surface area contributed by atoms with Crippen molar-refractivity contribution in [3.63, 3.8) is 0 Å². The van der Waals surface area contributed by atoms with Gasteiger partial charge in [0.1, 0.15) is 5.65 Å². The number of hydrogen-bond acceptors (Lipinski definition) is 1. The van der Waals surface area contributed by atoms with E-state index in [1.54, 1.807) is 6.20 Å². The Kier molecular flexibility index (Phi) is 2.97. The van der Waals surface area contributed by atoms with Gasteiger partial charge in [-0.05, 0) is 31.2 Å². The van der Waals surface area contributed by atoms with Crippen molar-refractivity contribution in [3.8, 4) is 0 Å². The number of nitrogens with one attached hydrogen (secondary N) is 3. The van der Waals surface area contributed by atoms with E-state index in [-0.39, 0.29) is 0 Å². The van der Waals surface area contributed by atoms with Crippen LogP contribution in [-0.4, -0.2) is 19.9 Å². The van der Waals surface area contributed by atoms with Crippen LogP contribution in [0.1, 0.15) is 12.6 Å². The molecule has 1 aromatic carbocycles. The monoisotopic (exact) mass is 338 g/mol. The van der Waals surface area contributed by atoms with Crippen molar-refractivity contribution < 1.29 is 0 Å². The predicted octanol–water partition coefficient (Wildman–Crippen LogP) is 4.09. The molecule has 0 atom stereocenters. The molecule has 0 unspecified atom stereocenters. The van der Waals surface area contributed by atoms with Gasteiger partial charge in [0, 0.05) is 49.5 Å². The number of allylic oxidation sites excluding steroid dienone is 3. The van der Waals surface area contributed by atoms with Gasteiger partial charge in [0.25, 0.3) is 0 Å². The summed E-state index contributed by atoms with van der Waals surface area (Å²) >= 11 is 0. The minimum atomic E-state index is 0.878. The second-order valence-electron chi connectivity index (χ2n) is 6.50. The van der Waals surface area contributed by atoms with Crippen molar-refractivity contribution in [3.05, 3.63) is 59.0 Å². The summed E-state index contributed by atoms with van der Waals surface area (Å²) in [5.41, 5.74) is 4.04. The minimum absolute atomic E-state index is 0.878. The SMILES string of the molecule is C=c1[nH]c(=C)c2c1c1cc(/C=C\C=C/C)[nH]c1c1[nH]c3ncccc3c12. The zero-order valence-electron chi connectivity index (χ0n) is 14.5. The van der Waals surface area contributed by atoms with Gasteiger partial charge in [-0.15, -0.1) is 0 Å². The first-order chi connectivity index (χ1) is 12.7. The van der Waals surface area contributed by atoms with Crippen LogP contribution in [0.4, 0.5) is 0 Å². The van der Waals surface area contributed by atoms with E-state index in [4.69, 9.17) is 0 Å². The summed E-state index contributed by atoms with van der Waals surface area (Å²) in [6.07, 6.45) is 9.93. The second kappa shape index (κ2) is 5.23. The Hall–Kier alpha value is -3.53. The molecule has 0 spiro atoms. The maximum atomic E-state index is 4.50. The quantitative estimate of drug-likeness (QED) is 0.417. The largest absolute Gasteiger partial charge is 0.355 e. The first-order valence-electron chi connectivity index (χ1n) is 8.59. The lowest BCUT2D eigenvalue weighted by Crippen LogP contribution is -2.05. The number of hydrogen-bond donors (Lipinski definition) is 3. The van der Waals surface area contributed by atoms with Crippen LogP contribution in [-0.2, 0) is 0 Å². The van der Waals surface area contributed by atoms with Crippen molar-refractivity contribution in [2.75, 3.05) is 0 Å². The third-order valence-corrected chi connectivity index (χ3v) is 4.91. The molecule has 126 valence electrons. The molecule has 3 N–H and O–H groups in total. The lowest BCUT2D eigenvalue weighted by Gasteiger charge is -1.99. The normalized spacial score (nSPS) is 12.8. The zero-order valence-corrected chi connectivity index (χ0v) is 14.5. The third kappa shape index (κ3) is 1.87. The number of rotatable bonds is 2. The van der Waals surface area contributed by atoms with Crippen molar-refractivity contribution >= 4 is 62.8 Å². The number of nitrogens with zero attached hydrogens (tertiary/aromatic N) is 1. The van der Waals surface area contributed by atoms with Crippen LogP contribution < -0.4 is 10.7 Å². The van der Waals surface area contributed by atoms with Crippen LogP contribution in [0, 0.1) is 0 Å². The number of benzene rings is 1. The van der Waals surface area contributed by atoms with E-state index in [0.717, 1.165) is 60.0 Å². The molecule has 5 aromatic rings. The van der Waals surface area contributed by atoms with E-state index in [2.05, 4.69) is 51.3 Å². The Balaban J connectivity index is 2.06. The molecule has 5 rings (SSSR count). The van der Waals surface area contributed by atoms with Crippen molar-refractivity contribution in [2.24, 2.45) is 0 Å². The van der Waals surface area contributed by atoms with Gasteiger partial charge < -0.3 is 15.0 Å². The highest BCUT2D eigenvalue weighted by molar-refractivity contribution is 6.30. The molecule has 0 amide bonds. The molecule has 0 aliphatic carbocycles. The van der Waals surface area contributed by atoms with Crippen molar-refractivity contribution in [1.29, 1.82) is 0 Å². The van der Waals surface area contributed by atoms with E-state index in [9.17, 15) is 0 Å². The van der Waals surface area contributed by atoms with Crippen LogP contribution >= 0.6 is 0 Å². The van der Waals surface area contributed by atoms with Gasteiger partial charge in [0.15, 0.2) is 0 Å². The van der Waals surface area contributed by atoms with E-state index in [1.807, 2.05) is 31.2 Å². The van der Waals surface area contributed by atoms with Crippen molar-refractivity contribution in [1.82, 2.24) is 19.9 Å². The van der Waals surface area contributed by atoms with Crippen LogP contribution in [0.15, 0.2) is 42.6 Å². The van der Waals surface area contributed by atoms with Gasteiger partial charge in [0.2, 0.25) is 0 Å². The zero-order chi connectivity index (χ0) is 17.8. The number of pyridine rings is 1. The molecule has 4 heterocycles. The molecule has 4 aromatic heterocycles. The number of aromatic nitrogens is 4. The van der Waals surface area contributed by atoms with E-state index in [1.165, 1.54) is 0 Å². The second-order valence-corrected chi connectivity index (χ2v) is 6.50. The Morgan fingerprint density at radius 1 is 0.923 bits per heavy atom. The Labute approximate surface area is 149 Å². The molecule has 26 heavy (non-hydrogen) atoms. The highest BCUT2D eigenvalue weighted by Crippen LogP contribution is 2.36. The van der Waals surface area contributed by atoms with Gasteiger partial charge in [-0.1, -0.05) is 31.4 Å². The van der Waals surface area contributed by atoms with Gasteiger partial charge in [-0.25, -0.2) is 4.98 Å². The Morgan fingerprint density at radius 2 is 1.77 bits per heavy atom. The molecule has 0 fully saturated rings. The summed E-state index contributed by atoms with van der Waals surface area (Å²) in [4.78, 5) is 14.8. The summed E-state index contributed by atoms with van der Waals surface area (Å²) in [5, 5.41) is 7.36. The first-order valence-corrected chi connectivity index (χ1v) is 8.59. The molecular weight excluding hydrogens is 320 g/mol. The average Bonchev–Trinajstić information content (AvgIpc) is 3.28. The highest BCUT2D eigenvalue weighted by Gasteiger charge is 2.17. The molecule has 4 nitrogen and oxygen atoms in total. The lowest BCUT2D eigenvalue weighted by atomic mass is 10.0. The molecule has 0 radical (unpaired) electrons. The van der Waals surface area contributed by atoms with Crippen LogP contribution in [0.5, 0.6) is 0 Å². The van der Waals surface area contributed by atoms with Crippen molar-refractivity contribution in [2.45, 2.75) is 6.92 Å². The average molecular weight is 338 g/mol. The number of H-pyrrole nitrogens is 3. The van der Waals surface area contributed by atoms with Crippen LogP contribution in [0.2, 0.25) is 0 Å². The molecule has 4 heteroatoms. The number of fused-ring (bicyclic) bond motifs is 8. The topological polar surface area (TPSA) is 60.3 Å². The number of aromatic amines is 3. The maximum absolute atomic E-state index is 4.50. The Bertz CT molecular complexity index is 1470. The summed E-state index contributed by atoms with van der Waals surface area (Å²) < 4.78 is 0. The lowest BCUT2D eigenvalue weighted by molar-refractivity contribution is 1.30. The maximum Gasteiger partial charge on any atom is 0.138 e. The summed E-state index contributed by atoms with van der Waals surface area (Å²) in [5.74, 6) is 0. The van der Waals surface area contributed by atoms with E-state index < -0.39 is 0 Å². The van der Waals surface area contributed by atoms with Gasteiger partial charge in [-0.3, -0.25) is 0 Å². The molecule has 0 saturated carbocycles. The molecule has 0 bridgehead atoms. The molecule has 0 saturated heterocycles. The molecule has 0 aliphatic rings. The van der Waals surface area contributed by atoms with Gasteiger partial charge >= 0.3 is 0 Å². The standard InChI is InChI=1S/C22H18N4/c1-4-5-6-8-14-11-16-17-12(2)24-13(3)18(17)19-15-9-7-10-23-22(15)26-21(19)20(16)25-14/h4-11,24-25H,2-3H2,1H3,(H,23,26)/b5-4-,8-6-. The highest BCUT2D eigenvalue weighted by atomic mass is 14.9. The fourth-order valence-electron chi connectivity index (χ4n) is 3.88. The fourth-order valence-corrected chi connectivity index (χ4v) is 3.88. The summed E-state index contributed by atoms with van der Waals surface area (Å²) in [6.45, 7) is 10.4. The Morgan fingerprint density at radius 3 is 2.62 bits per heavy atom. The molecule has 0 aliphatic heterocycles. The van der Waals surface area contributed by atoms with Crippen LogP contribution in [0.25, 0.3) is 62.8 Å². The molecular formula is C22H18N4.